The first-order valence-corrected chi connectivity index (χ1v) is 6.71. The van der Waals surface area contributed by atoms with E-state index in [2.05, 4.69) is 5.32 Å². The Morgan fingerprint density at radius 1 is 0.952 bits per heavy atom. The number of aryl methyl sites for hydroxylation is 1. The van der Waals surface area contributed by atoms with Crippen molar-refractivity contribution in [2.24, 2.45) is 0 Å². The summed E-state index contributed by atoms with van der Waals surface area (Å²) in [6, 6.07) is 14.8. The first-order chi connectivity index (χ1) is 10.0. The van der Waals surface area contributed by atoms with Crippen molar-refractivity contribution in [3.05, 3.63) is 71.3 Å². The molecule has 0 saturated carbocycles. The van der Waals surface area contributed by atoms with Crippen LogP contribution in [-0.2, 0) is 4.79 Å². The Morgan fingerprint density at radius 3 is 2.14 bits per heavy atom. The first kappa shape index (κ1) is 14.7. The monoisotopic (exact) mass is 279 g/mol. The second-order valence-corrected chi connectivity index (χ2v) is 4.87. The highest BCUT2D eigenvalue weighted by molar-refractivity contribution is 6.07. The zero-order valence-electron chi connectivity index (χ0n) is 12.1. The van der Waals surface area contributed by atoms with Crippen LogP contribution >= 0.6 is 0 Å². The molecule has 2 aromatic rings. The Kier molecular flexibility index (Phi) is 4.67. The lowest BCUT2D eigenvalue weighted by Crippen LogP contribution is -2.05. The molecule has 0 aromatic heterocycles. The Bertz CT molecular complexity index is 667. The van der Waals surface area contributed by atoms with Gasteiger partial charge in [0.1, 0.15) is 0 Å². The van der Waals surface area contributed by atoms with E-state index < -0.39 is 0 Å². The van der Waals surface area contributed by atoms with E-state index in [1.165, 1.54) is 12.5 Å². The molecule has 1 N–H and O–H groups in total. The molecule has 3 nitrogen and oxygen atoms in total. The Morgan fingerprint density at radius 2 is 1.57 bits per heavy atom. The average Bonchev–Trinajstić information content (AvgIpc) is 2.46. The van der Waals surface area contributed by atoms with Crippen LogP contribution in [0.3, 0.4) is 0 Å². The molecular weight excluding hydrogens is 262 g/mol. The summed E-state index contributed by atoms with van der Waals surface area (Å²) in [5, 5.41) is 2.67. The first-order valence-electron chi connectivity index (χ1n) is 6.71. The van der Waals surface area contributed by atoms with Gasteiger partial charge >= 0.3 is 0 Å². The molecular formula is C18H17NO2. The molecule has 3 heteroatoms. The number of hydrogen-bond acceptors (Lipinski definition) is 2. The van der Waals surface area contributed by atoms with Crippen molar-refractivity contribution in [1.82, 2.24) is 0 Å². The lowest BCUT2D eigenvalue weighted by Gasteiger charge is -2.02. The van der Waals surface area contributed by atoms with Gasteiger partial charge in [0, 0.05) is 18.2 Å². The van der Waals surface area contributed by atoms with Gasteiger partial charge in [-0.2, -0.15) is 0 Å². The molecule has 1 amide bonds. The molecule has 0 radical (unpaired) electrons. The van der Waals surface area contributed by atoms with Gasteiger partial charge in [-0.05, 0) is 42.8 Å². The average molecular weight is 279 g/mol. The summed E-state index contributed by atoms with van der Waals surface area (Å²) in [5.74, 6) is -0.196. The van der Waals surface area contributed by atoms with Crippen LogP contribution in [0.4, 0.5) is 5.69 Å². The van der Waals surface area contributed by atoms with Gasteiger partial charge in [-0.25, -0.2) is 0 Å². The molecule has 0 atom stereocenters. The topological polar surface area (TPSA) is 46.2 Å². The minimum absolute atomic E-state index is 0.0649. The van der Waals surface area contributed by atoms with Gasteiger partial charge in [-0.15, -0.1) is 0 Å². The largest absolute Gasteiger partial charge is 0.326 e. The number of allylic oxidation sites excluding steroid dienone is 1. The van der Waals surface area contributed by atoms with Gasteiger partial charge < -0.3 is 5.32 Å². The van der Waals surface area contributed by atoms with Crippen molar-refractivity contribution in [2.75, 3.05) is 5.32 Å². The molecule has 0 aliphatic rings. The Labute approximate surface area is 124 Å². The van der Waals surface area contributed by atoms with Crippen LogP contribution < -0.4 is 5.32 Å². The van der Waals surface area contributed by atoms with Crippen LogP contribution in [-0.4, -0.2) is 11.7 Å². The van der Waals surface area contributed by atoms with Crippen molar-refractivity contribution >= 4 is 23.5 Å². The molecule has 0 aliphatic heterocycles. The van der Waals surface area contributed by atoms with Crippen LogP contribution in [0, 0.1) is 6.92 Å². The summed E-state index contributed by atoms with van der Waals surface area (Å²) in [7, 11) is 0. The second kappa shape index (κ2) is 6.66. The molecule has 2 aromatic carbocycles. The van der Waals surface area contributed by atoms with E-state index in [-0.39, 0.29) is 11.7 Å². The maximum Gasteiger partial charge on any atom is 0.221 e. The number of rotatable bonds is 4. The van der Waals surface area contributed by atoms with E-state index in [0.29, 0.717) is 11.3 Å². The molecule has 0 spiro atoms. The molecule has 106 valence electrons. The Hall–Kier alpha value is -2.68. The quantitative estimate of drug-likeness (QED) is 0.682. The number of nitrogens with one attached hydrogen (secondary N) is 1. The normalized spacial score (nSPS) is 10.6. The maximum atomic E-state index is 12.0. The highest BCUT2D eigenvalue weighted by Gasteiger charge is 2.02. The van der Waals surface area contributed by atoms with Gasteiger partial charge in [-0.1, -0.05) is 35.9 Å². The summed E-state index contributed by atoms with van der Waals surface area (Å²) < 4.78 is 0. The fraction of sp³-hybridized carbons (Fsp3) is 0.111. The predicted octanol–water partition coefficient (Wildman–Crippen LogP) is 3.85. The molecule has 0 aliphatic carbocycles. The molecule has 0 bridgehead atoms. The van der Waals surface area contributed by atoms with Crippen molar-refractivity contribution in [2.45, 2.75) is 13.8 Å². The number of hydrogen-bond donors (Lipinski definition) is 1. The number of anilines is 1. The smallest absolute Gasteiger partial charge is 0.221 e. The highest BCUT2D eigenvalue weighted by Crippen LogP contribution is 2.11. The van der Waals surface area contributed by atoms with Gasteiger partial charge in [0.2, 0.25) is 5.91 Å². The molecule has 0 saturated heterocycles. The van der Waals surface area contributed by atoms with E-state index in [0.717, 1.165) is 5.56 Å². The SMILES string of the molecule is CC(=O)Nc1ccc(C(=O)/C=C/c2ccc(C)cc2)cc1. The summed E-state index contributed by atoms with van der Waals surface area (Å²) >= 11 is 0. The zero-order chi connectivity index (χ0) is 15.2. The van der Waals surface area contributed by atoms with Gasteiger partial charge in [-0.3, -0.25) is 9.59 Å². The Balaban J connectivity index is 2.06. The number of carbonyl (C=O) groups is 2. The van der Waals surface area contributed by atoms with Crippen molar-refractivity contribution < 1.29 is 9.59 Å². The number of benzene rings is 2. The maximum absolute atomic E-state index is 12.0. The van der Waals surface area contributed by atoms with Crippen LogP contribution in [0.15, 0.2) is 54.6 Å². The molecule has 0 fully saturated rings. The van der Waals surface area contributed by atoms with Crippen LogP contribution in [0.1, 0.15) is 28.4 Å². The van der Waals surface area contributed by atoms with Crippen molar-refractivity contribution in [3.8, 4) is 0 Å². The van der Waals surface area contributed by atoms with E-state index in [9.17, 15) is 9.59 Å². The minimum Gasteiger partial charge on any atom is -0.326 e. The van der Waals surface area contributed by atoms with Crippen molar-refractivity contribution in [1.29, 1.82) is 0 Å². The number of carbonyl (C=O) groups excluding carboxylic acids is 2. The van der Waals surface area contributed by atoms with Crippen LogP contribution in [0.5, 0.6) is 0 Å². The van der Waals surface area contributed by atoms with Gasteiger partial charge in [0.25, 0.3) is 0 Å². The summed E-state index contributed by atoms with van der Waals surface area (Å²) in [6.45, 7) is 3.47. The van der Waals surface area contributed by atoms with E-state index in [1.54, 1.807) is 36.4 Å². The van der Waals surface area contributed by atoms with E-state index >= 15 is 0 Å². The zero-order valence-corrected chi connectivity index (χ0v) is 12.1. The third-order valence-electron chi connectivity index (χ3n) is 2.99. The molecule has 2 rings (SSSR count). The number of amides is 1. The summed E-state index contributed by atoms with van der Waals surface area (Å²) in [6.07, 6.45) is 3.35. The van der Waals surface area contributed by atoms with Gasteiger partial charge in [0.15, 0.2) is 5.78 Å². The third-order valence-corrected chi connectivity index (χ3v) is 2.99. The minimum atomic E-state index is -0.131. The third kappa shape index (κ3) is 4.42. The highest BCUT2D eigenvalue weighted by atomic mass is 16.1. The standard InChI is InChI=1S/C18H17NO2/c1-13-3-5-15(6-4-13)7-12-18(21)16-8-10-17(11-9-16)19-14(2)20/h3-12H,1-2H3,(H,19,20)/b12-7+. The van der Waals surface area contributed by atoms with Crippen LogP contribution in [0.2, 0.25) is 0 Å². The lowest BCUT2D eigenvalue weighted by atomic mass is 10.1. The number of ketones is 1. The predicted molar refractivity (Wildman–Crippen MR) is 85.3 cm³/mol. The summed E-state index contributed by atoms with van der Waals surface area (Å²) in [5.41, 5.74) is 3.45. The molecule has 0 heterocycles. The van der Waals surface area contributed by atoms with Crippen LogP contribution in [0.25, 0.3) is 6.08 Å². The molecule has 0 unspecified atom stereocenters. The van der Waals surface area contributed by atoms with E-state index in [4.69, 9.17) is 0 Å². The summed E-state index contributed by atoms with van der Waals surface area (Å²) in [4.78, 5) is 23.0. The second-order valence-electron chi connectivity index (χ2n) is 4.87. The fourth-order valence-electron chi connectivity index (χ4n) is 1.87. The van der Waals surface area contributed by atoms with E-state index in [1.807, 2.05) is 31.2 Å². The van der Waals surface area contributed by atoms with Gasteiger partial charge in [0.05, 0.1) is 0 Å². The lowest BCUT2D eigenvalue weighted by molar-refractivity contribution is -0.114. The van der Waals surface area contributed by atoms with Crippen molar-refractivity contribution in [3.63, 3.8) is 0 Å². The molecule has 21 heavy (non-hydrogen) atoms. The fourth-order valence-corrected chi connectivity index (χ4v) is 1.87.